The summed E-state index contributed by atoms with van der Waals surface area (Å²) in [6.45, 7) is 3.38. The van der Waals surface area contributed by atoms with Crippen LogP contribution in [0.25, 0.3) is 0 Å². The largest absolute Gasteiger partial charge is 0.289 e. The molecule has 5 heteroatoms. The van der Waals surface area contributed by atoms with E-state index < -0.39 is 17.4 Å². The Kier molecular flexibility index (Phi) is 4.39. The standard InChI is InChI=1S/C15H10Br2F2O/c1-7-3-9(18)5-11(13(7)16)15(20)12-6-10(19)4-8(2)14(12)17/h3-6H,1-2H3. The van der Waals surface area contributed by atoms with Crippen molar-refractivity contribution in [3.63, 3.8) is 0 Å². The second kappa shape index (κ2) is 5.74. The summed E-state index contributed by atoms with van der Waals surface area (Å²) in [5.74, 6) is -1.44. The summed E-state index contributed by atoms with van der Waals surface area (Å²) in [7, 11) is 0. The molecular formula is C15H10Br2F2O. The topological polar surface area (TPSA) is 17.1 Å². The van der Waals surface area contributed by atoms with Crippen LogP contribution in [0.3, 0.4) is 0 Å². The molecule has 2 rings (SSSR count). The molecule has 0 unspecified atom stereocenters. The number of benzene rings is 2. The molecule has 0 heterocycles. The normalized spacial score (nSPS) is 10.7. The highest BCUT2D eigenvalue weighted by atomic mass is 79.9. The monoisotopic (exact) mass is 402 g/mol. The zero-order valence-electron chi connectivity index (χ0n) is 10.7. The maximum absolute atomic E-state index is 13.5. The first-order valence-corrected chi connectivity index (χ1v) is 7.36. The van der Waals surface area contributed by atoms with Crippen LogP contribution in [0.4, 0.5) is 8.78 Å². The molecule has 0 saturated carbocycles. The minimum Gasteiger partial charge on any atom is -0.289 e. The molecule has 0 bridgehead atoms. The number of rotatable bonds is 2. The van der Waals surface area contributed by atoms with Gasteiger partial charge >= 0.3 is 0 Å². The summed E-state index contributed by atoms with van der Waals surface area (Å²) in [5, 5.41) is 0. The number of aryl methyl sites for hydroxylation is 2. The lowest BCUT2D eigenvalue weighted by atomic mass is 10.00. The van der Waals surface area contributed by atoms with Crippen LogP contribution in [0.2, 0.25) is 0 Å². The summed E-state index contributed by atoms with van der Waals surface area (Å²) < 4.78 is 28.0. The van der Waals surface area contributed by atoms with Gasteiger partial charge in [-0.05, 0) is 81.1 Å². The third-order valence-electron chi connectivity index (χ3n) is 2.93. The molecule has 0 aliphatic rings. The molecule has 20 heavy (non-hydrogen) atoms. The molecule has 0 radical (unpaired) electrons. The second-order valence-corrected chi connectivity index (χ2v) is 6.08. The van der Waals surface area contributed by atoms with Crippen molar-refractivity contribution in [1.29, 1.82) is 0 Å². The molecule has 104 valence electrons. The average molecular weight is 404 g/mol. The van der Waals surface area contributed by atoms with Crippen LogP contribution in [-0.4, -0.2) is 5.78 Å². The molecule has 0 amide bonds. The number of hydrogen-bond donors (Lipinski definition) is 0. The summed E-state index contributed by atoms with van der Waals surface area (Å²) in [4.78, 5) is 12.5. The van der Waals surface area contributed by atoms with Gasteiger partial charge in [-0.3, -0.25) is 4.79 Å². The van der Waals surface area contributed by atoms with Gasteiger partial charge in [-0.25, -0.2) is 8.78 Å². The van der Waals surface area contributed by atoms with E-state index in [9.17, 15) is 13.6 Å². The zero-order chi connectivity index (χ0) is 15.0. The van der Waals surface area contributed by atoms with E-state index in [-0.39, 0.29) is 11.1 Å². The lowest BCUT2D eigenvalue weighted by molar-refractivity contribution is 0.103. The van der Waals surface area contributed by atoms with Crippen LogP contribution in [0, 0.1) is 25.5 Å². The quantitative estimate of drug-likeness (QED) is 0.618. The minimum absolute atomic E-state index is 0.174. The van der Waals surface area contributed by atoms with Gasteiger partial charge < -0.3 is 0 Å². The van der Waals surface area contributed by atoms with Crippen molar-refractivity contribution in [2.45, 2.75) is 13.8 Å². The Bertz CT molecular complexity index is 652. The van der Waals surface area contributed by atoms with Crippen LogP contribution in [0.15, 0.2) is 33.2 Å². The van der Waals surface area contributed by atoms with Crippen molar-refractivity contribution in [3.8, 4) is 0 Å². The maximum Gasteiger partial charge on any atom is 0.195 e. The van der Waals surface area contributed by atoms with Crippen molar-refractivity contribution in [2.24, 2.45) is 0 Å². The summed E-state index contributed by atoms with van der Waals surface area (Å²) in [6.07, 6.45) is 0. The highest BCUT2D eigenvalue weighted by molar-refractivity contribution is 9.11. The third kappa shape index (κ3) is 2.83. The van der Waals surface area contributed by atoms with E-state index in [4.69, 9.17) is 0 Å². The highest BCUT2D eigenvalue weighted by Gasteiger charge is 2.19. The third-order valence-corrected chi connectivity index (χ3v) is 5.03. The summed E-state index contributed by atoms with van der Waals surface area (Å²) in [5.41, 5.74) is 1.57. The Morgan fingerprint density at radius 3 is 1.55 bits per heavy atom. The van der Waals surface area contributed by atoms with Gasteiger partial charge in [0.1, 0.15) is 11.6 Å². The van der Waals surface area contributed by atoms with E-state index in [2.05, 4.69) is 31.9 Å². The van der Waals surface area contributed by atoms with E-state index in [0.717, 1.165) is 12.1 Å². The molecule has 0 spiro atoms. The van der Waals surface area contributed by atoms with E-state index in [0.29, 0.717) is 20.1 Å². The number of ketones is 1. The number of carbonyl (C=O) groups excluding carboxylic acids is 1. The van der Waals surface area contributed by atoms with Gasteiger partial charge in [0.15, 0.2) is 5.78 Å². The van der Waals surface area contributed by atoms with Gasteiger partial charge in [-0.1, -0.05) is 0 Å². The molecule has 2 aromatic carbocycles. The maximum atomic E-state index is 13.5. The molecule has 2 aromatic rings. The Balaban J connectivity index is 2.64. The van der Waals surface area contributed by atoms with Gasteiger partial charge in [0.2, 0.25) is 0 Å². The number of hydrogen-bond acceptors (Lipinski definition) is 1. The molecule has 0 aliphatic carbocycles. The van der Waals surface area contributed by atoms with E-state index in [1.54, 1.807) is 13.8 Å². The minimum atomic E-state index is -0.502. The number of carbonyl (C=O) groups is 1. The summed E-state index contributed by atoms with van der Waals surface area (Å²) in [6, 6.07) is 4.94. The zero-order valence-corrected chi connectivity index (χ0v) is 13.9. The fraction of sp³-hybridized carbons (Fsp3) is 0.133. The van der Waals surface area contributed by atoms with E-state index in [1.807, 2.05) is 0 Å². The molecule has 0 saturated heterocycles. The van der Waals surface area contributed by atoms with Crippen molar-refractivity contribution in [1.82, 2.24) is 0 Å². The lowest BCUT2D eigenvalue weighted by Crippen LogP contribution is -2.06. The van der Waals surface area contributed by atoms with Gasteiger partial charge in [0, 0.05) is 20.1 Å². The van der Waals surface area contributed by atoms with Gasteiger partial charge in [-0.15, -0.1) is 0 Å². The Labute approximate surface area is 132 Å². The highest BCUT2D eigenvalue weighted by Crippen LogP contribution is 2.29. The Hall–Kier alpha value is -1.07. The predicted octanol–water partition coefficient (Wildman–Crippen LogP) is 5.34. The van der Waals surface area contributed by atoms with Crippen molar-refractivity contribution >= 4 is 37.6 Å². The Morgan fingerprint density at radius 2 is 1.20 bits per heavy atom. The summed E-state index contributed by atoms with van der Waals surface area (Å²) >= 11 is 6.55. The smallest absolute Gasteiger partial charge is 0.195 e. The van der Waals surface area contributed by atoms with Crippen molar-refractivity contribution < 1.29 is 13.6 Å². The molecule has 0 N–H and O–H groups in total. The van der Waals surface area contributed by atoms with Crippen LogP contribution in [0.5, 0.6) is 0 Å². The molecule has 0 aromatic heterocycles. The fourth-order valence-electron chi connectivity index (χ4n) is 1.93. The molecule has 1 nitrogen and oxygen atoms in total. The lowest BCUT2D eigenvalue weighted by Gasteiger charge is -2.10. The average Bonchev–Trinajstić information content (AvgIpc) is 2.37. The first-order chi connectivity index (χ1) is 9.31. The van der Waals surface area contributed by atoms with Gasteiger partial charge in [0.25, 0.3) is 0 Å². The van der Waals surface area contributed by atoms with Crippen LogP contribution in [0.1, 0.15) is 27.0 Å². The Morgan fingerprint density at radius 1 is 0.850 bits per heavy atom. The first-order valence-electron chi connectivity index (χ1n) is 5.77. The second-order valence-electron chi connectivity index (χ2n) is 4.50. The fourth-order valence-corrected chi connectivity index (χ4v) is 2.74. The van der Waals surface area contributed by atoms with Crippen LogP contribution < -0.4 is 0 Å². The molecule has 0 fully saturated rings. The van der Waals surface area contributed by atoms with E-state index in [1.165, 1.54) is 12.1 Å². The van der Waals surface area contributed by atoms with Gasteiger partial charge in [-0.2, -0.15) is 0 Å². The van der Waals surface area contributed by atoms with Crippen molar-refractivity contribution in [2.75, 3.05) is 0 Å². The molecule has 0 aliphatic heterocycles. The van der Waals surface area contributed by atoms with Crippen LogP contribution >= 0.6 is 31.9 Å². The van der Waals surface area contributed by atoms with Crippen molar-refractivity contribution in [3.05, 3.63) is 67.1 Å². The predicted molar refractivity (Wildman–Crippen MR) is 81.1 cm³/mol. The van der Waals surface area contributed by atoms with Gasteiger partial charge in [0.05, 0.1) is 0 Å². The van der Waals surface area contributed by atoms with E-state index >= 15 is 0 Å². The SMILES string of the molecule is Cc1cc(F)cc(C(=O)c2cc(F)cc(C)c2Br)c1Br. The molecular weight excluding hydrogens is 394 g/mol. The molecule has 0 atom stereocenters. The first kappa shape index (κ1) is 15.3. The van der Waals surface area contributed by atoms with Crippen LogP contribution in [-0.2, 0) is 0 Å². The number of halogens is 4.